The van der Waals surface area contributed by atoms with Crippen LogP contribution < -0.4 is 10.6 Å². The summed E-state index contributed by atoms with van der Waals surface area (Å²) in [5.41, 5.74) is 0. The molecule has 2 aliphatic heterocycles. The predicted octanol–water partition coefficient (Wildman–Crippen LogP) is 2.62. The lowest BCUT2D eigenvalue weighted by Crippen LogP contribution is -2.39. The molecule has 0 radical (unpaired) electrons. The summed E-state index contributed by atoms with van der Waals surface area (Å²) >= 11 is 0. The van der Waals surface area contributed by atoms with Gasteiger partial charge in [-0.15, -0.1) is 24.0 Å². The number of likely N-dealkylation sites (tertiary alicyclic amines) is 1. The third-order valence-corrected chi connectivity index (χ3v) is 4.81. The van der Waals surface area contributed by atoms with Gasteiger partial charge < -0.3 is 25.0 Å². The Labute approximate surface area is 176 Å². The minimum absolute atomic E-state index is 0. The Morgan fingerprint density at radius 2 is 1.96 bits per heavy atom. The lowest BCUT2D eigenvalue weighted by atomic mass is 10.2. The van der Waals surface area contributed by atoms with E-state index < -0.39 is 0 Å². The summed E-state index contributed by atoms with van der Waals surface area (Å²) in [5, 5.41) is 6.66. The van der Waals surface area contributed by atoms with Crippen LogP contribution in [0.3, 0.4) is 0 Å². The van der Waals surface area contributed by atoms with Crippen molar-refractivity contribution in [3.05, 3.63) is 0 Å². The van der Waals surface area contributed by atoms with Gasteiger partial charge in [0.1, 0.15) is 0 Å². The first kappa shape index (κ1) is 23.9. The summed E-state index contributed by atoms with van der Waals surface area (Å²) in [4.78, 5) is 7.28. The molecule has 1 atom stereocenters. The number of aliphatic imine (C=N–C) groups is 1. The molecule has 2 aliphatic rings. The first-order valence-corrected chi connectivity index (χ1v) is 10.3. The molecule has 0 bridgehead atoms. The number of hydrogen-bond acceptors (Lipinski definition) is 4. The van der Waals surface area contributed by atoms with Crippen molar-refractivity contribution in [3.8, 4) is 0 Å². The molecule has 0 aromatic carbocycles. The molecule has 0 aliphatic carbocycles. The van der Waals surface area contributed by atoms with Gasteiger partial charge >= 0.3 is 0 Å². The van der Waals surface area contributed by atoms with E-state index in [1.165, 1.54) is 51.7 Å². The van der Waals surface area contributed by atoms with Gasteiger partial charge in [0.2, 0.25) is 0 Å². The van der Waals surface area contributed by atoms with Crippen molar-refractivity contribution < 1.29 is 9.47 Å². The van der Waals surface area contributed by atoms with E-state index in [-0.39, 0.29) is 24.0 Å². The molecule has 0 amide bonds. The Bertz CT molecular complexity index is 357. The van der Waals surface area contributed by atoms with Gasteiger partial charge in [-0.25, -0.2) is 0 Å². The van der Waals surface area contributed by atoms with Crippen LogP contribution in [0.15, 0.2) is 4.99 Å². The highest BCUT2D eigenvalue weighted by Gasteiger charge is 2.15. The smallest absolute Gasteiger partial charge is 0.191 e. The van der Waals surface area contributed by atoms with E-state index in [1.807, 2.05) is 0 Å². The largest absolute Gasteiger partial charge is 0.377 e. The van der Waals surface area contributed by atoms with Gasteiger partial charge in [0.25, 0.3) is 0 Å². The number of guanidine groups is 1. The summed E-state index contributed by atoms with van der Waals surface area (Å²) in [6.45, 7) is 10.6. The quantitative estimate of drug-likeness (QED) is 0.217. The van der Waals surface area contributed by atoms with Crippen molar-refractivity contribution in [2.24, 2.45) is 4.99 Å². The standard InChI is InChI=1S/C19H38N4O2.HI/c1-2-20-19(22-11-16-24-17-18-9-7-15-25-18)21-10-8-14-23-12-5-3-4-6-13-23;/h18H,2-17H2,1H3,(H2,20,21,22);1H. The molecule has 0 aromatic rings. The minimum atomic E-state index is 0. The Hall–Kier alpha value is -0.120. The van der Waals surface area contributed by atoms with E-state index in [4.69, 9.17) is 9.47 Å². The molecule has 0 aromatic heterocycles. The molecule has 0 saturated carbocycles. The summed E-state index contributed by atoms with van der Waals surface area (Å²) in [5.74, 6) is 0.902. The number of hydrogen-bond donors (Lipinski definition) is 2. The molecule has 154 valence electrons. The highest BCUT2D eigenvalue weighted by Crippen LogP contribution is 2.11. The van der Waals surface area contributed by atoms with Crippen LogP contribution in [0.1, 0.15) is 51.9 Å². The normalized spacial score (nSPS) is 21.9. The SMILES string of the molecule is CCNC(=NCCCN1CCCCCC1)NCCOCC1CCCO1.I. The fourth-order valence-corrected chi connectivity index (χ4v) is 3.42. The summed E-state index contributed by atoms with van der Waals surface area (Å²) < 4.78 is 11.2. The highest BCUT2D eigenvalue weighted by atomic mass is 127. The van der Waals surface area contributed by atoms with Crippen molar-refractivity contribution in [2.45, 2.75) is 58.0 Å². The van der Waals surface area contributed by atoms with Crippen molar-refractivity contribution in [1.82, 2.24) is 15.5 Å². The van der Waals surface area contributed by atoms with Crippen molar-refractivity contribution in [2.75, 3.05) is 59.1 Å². The maximum atomic E-state index is 5.69. The molecule has 0 spiro atoms. The van der Waals surface area contributed by atoms with Crippen LogP contribution in [0.25, 0.3) is 0 Å². The van der Waals surface area contributed by atoms with Gasteiger partial charge in [0, 0.05) is 26.2 Å². The number of rotatable bonds is 10. The summed E-state index contributed by atoms with van der Waals surface area (Å²) in [6, 6.07) is 0. The van der Waals surface area contributed by atoms with Gasteiger partial charge in [-0.2, -0.15) is 0 Å². The third-order valence-electron chi connectivity index (χ3n) is 4.81. The first-order valence-electron chi connectivity index (χ1n) is 10.3. The van der Waals surface area contributed by atoms with Crippen molar-refractivity contribution in [3.63, 3.8) is 0 Å². The van der Waals surface area contributed by atoms with Crippen LogP contribution in [-0.2, 0) is 9.47 Å². The summed E-state index contributed by atoms with van der Waals surface area (Å²) in [7, 11) is 0. The molecular formula is C19H39IN4O2. The van der Waals surface area contributed by atoms with E-state index in [9.17, 15) is 0 Å². The van der Waals surface area contributed by atoms with Gasteiger partial charge in [-0.05, 0) is 58.7 Å². The zero-order chi connectivity index (χ0) is 17.6. The van der Waals surface area contributed by atoms with Gasteiger partial charge in [-0.3, -0.25) is 4.99 Å². The van der Waals surface area contributed by atoms with Crippen molar-refractivity contribution in [1.29, 1.82) is 0 Å². The third kappa shape index (κ3) is 10.9. The second-order valence-corrected chi connectivity index (χ2v) is 7.01. The van der Waals surface area contributed by atoms with Crippen LogP contribution in [-0.4, -0.2) is 76.1 Å². The molecule has 26 heavy (non-hydrogen) atoms. The molecule has 6 nitrogen and oxygen atoms in total. The molecule has 1 unspecified atom stereocenters. The average Bonchev–Trinajstić information content (AvgIpc) is 3.00. The van der Waals surface area contributed by atoms with E-state index in [2.05, 4.69) is 27.4 Å². The second-order valence-electron chi connectivity index (χ2n) is 7.01. The second kappa shape index (κ2) is 15.9. The highest BCUT2D eigenvalue weighted by molar-refractivity contribution is 14.0. The van der Waals surface area contributed by atoms with Crippen LogP contribution in [0.4, 0.5) is 0 Å². The molecular weight excluding hydrogens is 443 g/mol. The Morgan fingerprint density at radius 3 is 2.65 bits per heavy atom. The van der Waals surface area contributed by atoms with E-state index in [0.29, 0.717) is 19.3 Å². The lowest BCUT2D eigenvalue weighted by molar-refractivity contribution is 0.0191. The zero-order valence-electron chi connectivity index (χ0n) is 16.5. The number of nitrogens with zero attached hydrogens (tertiary/aromatic N) is 2. The lowest BCUT2D eigenvalue weighted by Gasteiger charge is -2.19. The van der Waals surface area contributed by atoms with Crippen LogP contribution in [0, 0.1) is 0 Å². The zero-order valence-corrected chi connectivity index (χ0v) is 18.8. The number of halogens is 1. The van der Waals surface area contributed by atoms with Crippen molar-refractivity contribution >= 4 is 29.9 Å². The van der Waals surface area contributed by atoms with E-state index >= 15 is 0 Å². The van der Waals surface area contributed by atoms with Crippen LogP contribution in [0.5, 0.6) is 0 Å². The Balaban J connectivity index is 0.00000338. The molecule has 2 heterocycles. The molecule has 2 N–H and O–H groups in total. The molecule has 2 saturated heterocycles. The maximum Gasteiger partial charge on any atom is 0.191 e. The van der Waals surface area contributed by atoms with Gasteiger partial charge in [0.15, 0.2) is 5.96 Å². The monoisotopic (exact) mass is 482 g/mol. The Kier molecular flexibility index (Phi) is 14.6. The topological polar surface area (TPSA) is 58.1 Å². The minimum Gasteiger partial charge on any atom is -0.377 e. The number of ether oxygens (including phenoxy) is 2. The molecule has 7 heteroatoms. The van der Waals surface area contributed by atoms with E-state index in [1.54, 1.807) is 0 Å². The van der Waals surface area contributed by atoms with Gasteiger partial charge in [0.05, 0.1) is 19.3 Å². The van der Waals surface area contributed by atoms with E-state index in [0.717, 1.165) is 45.0 Å². The Morgan fingerprint density at radius 1 is 1.15 bits per heavy atom. The first-order chi connectivity index (χ1) is 12.4. The van der Waals surface area contributed by atoms with Gasteiger partial charge in [-0.1, -0.05) is 12.8 Å². The fourth-order valence-electron chi connectivity index (χ4n) is 3.42. The average molecular weight is 482 g/mol. The predicted molar refractivity (Wildman–Crippen MR) is 119 cm³/mol. The number of nitrogens with one attached hydrogen (secondary N) is 2. The molecule has 2 fully saturated rings. The summed E-state index contributed by atoms with van der Waals surface area (Å²) in [6.07, 6.45) is 9.26. The fraction of sp³-hybridized carbons (Fsp3) is 0.947. The van der Waals surface area contributed by atoms with Crippen LogP contribution in [0.2, 0.25) is 0 Å². The van der Waals surface area contributed by atoms with Crippen LogP contribution >= 0.6 is 24.0 Å². The maximum absolute atomic E-state index is 5.69. The molecule has 2 rings (SSSR count).